The largest absolute Gasteiger partial charge is 0.455 e. The Balaban J connectivity index is 1.31. The molecule has 4 rings (SSSR count). The molecule has 1 saturated heterocycles. The number of hydrogen-bond acceptors (Lipinski definition) is 6. The molecule has 1 N–H and O–H groups in total. The van der Waals surface area contributed by atoms with E-state index in [1.54, 1.807) is 23.1 Å². The number of benzene rings is 2. The number of para-hydroxylation sites is 1. The van der Waals surface area contributed by atoms with Gasteiger partial charge < -0.3 is 24.4 Å². The van der Waals surface area contributed by atoms with Crippen LogP contribution < -0.4 is 19.7 Å². The average molecular weight is 410 g/mol. The molecule has 2 heterocycles. The van der Waals surface area contributed by atoms with Gasteiger partial charge in [-0.2, -0.15) is 0 Å². The average Bonchev–Trinajstić information content (AvgIpc) is 3.38. The molecule has 2 aliphatic heterocycles. The number of nitrogens with one attached hydrogen (secondary N) is 1. The maximum atomic E-state index is 12.4. The van der Waals surface area contributed by atoms with Gasteiger partial charge in [-0.1, -0.05) is 25.1 Å². The first-order valence-electron chi connectivity index (χ1n) is 9.79. The lowest BCUT2D eigenvalue weighted by atomic mass is 10.1. The summed E-state index contributed by atoms with van der Waals surface area (Å²) < 4.78 is 15.6. The maximum absolute atomic E-state index is 12.4. The van der Waals surface area contributed by atoms with Crippen LogP contribution in [-0.4, -0.2) is 37.7 Å². The van der Waals surface area contributed by atoms with Gasteiger partial charge in [-0.15, -0.1) is 0 Å². The van der Waals surface area contributed by atoms with Crippen LogP contribution in [0.4, 0.5) is 11.4 Å². The fourth-order valence-corrected chi connectivity index (χ4v) is 3.60. The zero-order valence-electron chi connectivity index (χ0n) is 16.6. The first kappa shape index (κ1) is 19.8. The van der Waals surface area contributed by atoms with Gasteiger partial charge in [-0.25, -0.2) is 0 Å². The summed E-state index contributed by atoms with van der Waals surface area (Å²) in [6.45, 7) is 1.98. The second-order valence-electron chi connectivity index (χ2n) is 7.11. The lowest BCUT2D eigenvalue weighted by Gasteiger charge is -2.19. The molecule has 0 unspecified atom stereocenters. The number of hydrogen-bond donors (Lipinski definition) is 1. The first-order chi connectivity index (χ1) is 14.5. The number of aryl methyl sites for hydroxylation is 1. The Labute approximate surface area is 173 Å². The zero-order chi connectivity index (χ0) is 21.1. The van der Waals surface area contributed by atoms with Gasteiger partial charge in [-0.3, -0.25) is 14.4 Å². The van der Waals surface area contributed by atoms with Crippen LogP contribution in [0.2, 0.25) is 0 Å². The molecule has 0 saturated carbocycles. The van der Waals surface area contributed by atoms with Gasteiger partial charge in [0.05, 0.1) is 5.92 Å². The number of nitrogens with zero attached hydrogens (tertiary/aromatic N) is 1. The van der Waals surface area contributed by atoms with Crippen LogP contribution in [0, 0.1) is 5.92 Å². The minimum absolute atomic E-state index is 0.0701. The number of fused-ring (bicyclic) bond motifs is 1. The van der Waals surface area contributed by atoms with E-state index in [9.17, 15) is 14.4 Å². The maximum Gasteiger partial charge on any atom is 0.311 e. The molecule has 2 aromatic carbocycles. The lowest BCUT2D eigenvalue weighted by Crippen LogP contribution is -2.28. The molecule has 2 aliphatic rings. The second-order valence-corrected chi connectivity index (χ2v) is 7.11. The number of ether oxygens (including phenoxy) is 3. The predicted molar refractivity (Wildman–Crippen MR) is 108 cm³/mol. The summed E-state index contributed by atoms with van der Waals surface area (Å²) in [6.07, 6.45) is 0.857. The Morgan fingerprint density at radius 2 is 1.97 bits per heavy atom. The summed E-state index contributed by atoms with van der Waals surface area (Å²) in [5, 5.41) is 2.65. The van der Waals surface area contributed by atoms with Crippen molar-refractivity contribution in [3.63, 3.8) is 0 Å². The van der Waals surface area contributed by atoms with Gasteiger partial charge >= 0.3 is 5.97 Å². The molecule has 30 heavy (non-hydrogen) atoms. The Morgan fingerprint density at radius 1 is 1.17 bits per heavy atom. The van der Waals surface area contributed by atoms with Crippen molar-refractivity contribution in [3.05, 3.63) is 48.0 Å². The summed E-state index contributed by atoms with van der Waals surface area (Å²) in [4.78, 5) is 38.6. The van der Waals surface area contributed by atoms with Gasteiger partial charge in [0.1, 0.15) is 0 Å². The van der Waals surface area contributed by atoms with Gasteiger partial charge in [0.15, 0.2) is 18.1 Å². The summed E-state index contributed by atoms with van der Waals surface area (Å²) in [5.74, 6) is -0.593. The standard InChI is InChI=1S/C22H22N2O6/c1-2-14-5-3-4-6-17(14)24-11-15(9-21(24)26)22(27)28-12-20(25)23-16-7-8-18-19(10-16)30-13-29-18/h3-8,10,15H,2,9,11-13H2,1H3,(H,23,25)/t15-/m1/s1. The van der Waals surface area contributed by atoms with Crippen molar-refractivity contribution in [2.75, 3.05) is 30.2 Å². The van der Waals surface area contributed by atoms with Crippen molar-refractivity contribution in [3.8, 4) is 11.5 Å². The van der Waals surface area contributed by atoms with E-state index in [-0.39, 0.29) is 25.7 Å². The minimum Gasteiger partial charge on any atom is -0.455 e. The van der Waals surface area contributed by atoms with E-state index in [4.69, 9.17) is 14.2 Å². The highest BCUT2D eigenvalue weighted by Crippen LogP contribution is 2.34. The number of carbonyl (C=O) groups is 3. The van der Waals surface area contributed by atoms with Crippen LogP contribution in [0.15, 0.2) is 42.5 Å². The smallest absolute Gasteiger partial charge is 0.311 e. The Hall–Kier alpha value is -3.55. The normalized spacial score (nSPS) is 17.2. The highest BCUT2D eigenvalue weighted by molar-refractivity contribution is 6.00. The van der Waals surface area contributed by atoms with E-state index >= 15 is 0 Å². The van der Waals surface area contributed by atoms with Crippen LogP contribution in [0.3, 0.4) is 0 Å². The van der Waals surface area contributed by atoms with Crippen LogP contribution in [0.25, 0.3) is 0 Å². The van der Waals surface area contributed by atoms with E-state index in [1.165, 1.54) is 0 Å². The topological polar surface area (TPSA) is 94.2 Å². The van der Waals surface area contributed by atoms with Crippen molar-refractivity contribution < 1.29 is 28.6 Å². The molecule has 0 aliphatic carbocycles. The van der Waals surface area contributed by atoms with Crippen LogP contribution in [0.5, 0.6) is 11.5 Å². The summed E-state index contributed by atoms with van der Waals surface area (Å²) in [7, 11) is 0. The summed E-state index contributed by atoms with van der Waals surface area (Å²) in [6, 6.07) is 12.6. The van der Waals surface area contributed by atoms with Gasteiger partial charge in [-0.05, 0) is 30.2 Å². The molecule has 8 heteroatoms. The molecule has 2 amide bonds. The third kappa shape index (κ3) is 4.07. The lowest BCUT2D eigenvalue weighted by molar-refractivity contribution is -0.151. The van der Waals surface area contributed by atoms with E-state index in [0.717, 1.165) is 17.7 Å². The highest BCUT2D eigenvalue weighted by atomic mass is 16.7. The Bertz CT molecular complexity index is 989. The van der Waals surface area contributed by atoms with Crippen LogP contribution >= 0.6 is 0 Å². The molecular weight excluding hydrogens is 388 g/mol. The van der Waals surface area contributed by atoms with Crippen molar-refractivity contribution in [2.24, 2.45) is 5.92 Å². The van der Waals surface area contributed by atoms with Gasteiger partial charge in [0, 0.05) is 30.4 Å². The monoisotopic (exact) mass is 410 g/mol. The SMILES string of the molecule is CCc1ccccc1N1C[C@H](C(=O)OCC(=O)Nc2ccc3c(c2)OCO3)CC1=O. The molecule has 1 fully saturated rings. The number of carbonyl (C=O) groups excluding carboxylic acids is 3. The van der Waals surface area contributed by atoms with Crippen molar-refractivity contribution in [1.29, 1.82) is 0 Å². The molecule has 0 radical (unpaired) electrons. The molecular formula is C22H22N2O6. The molecule has 0 spiro atoms. The summed E-state index contributed by atoms with van der Waals surface area (Å²) in [5.41, 5.74) is 2.38. The van der Waals surface area contributed by atoms with Gasteiger partial charge in [0.2, 0.25) is 12.7 Å². The van der Waals surface area contributed by atoms with E-state index in [2.05, 4.69) is 5.32 Å². The fourth-order valence-electron chi connectivity index (χ4n) is 3.60. The molecule has 0 aromatic heterocycles. The number of amides is 2. The van der Waals surface area contributed by atoms with Gasteiger partial charge in [0.25, 0.3) is 5.91 Å². The van der Waals surface area contributed by atoms with Crippen LogP contribution in [0.1, 0.15) is 18.9 Å². The molecule has 0 bridgehead atoms. The van der Waals surface area contributed by atoms with Crippen molar-refractivity contribution in [1.82, 2.24) is 0 Å². The second kappa shape index (κ2) is 8.44. The number of esters is 1. The molecule has 1 atom stereocenters. The third-order valence-electron chi connectivity index (χ3n) is 5.12. The predicted octanol–water partition coefficient (Wildman–Crippen LogP) is 2.51. The summed E-state index contributed by atoms with van der Waals surface area (Å²) >= 11 is 0. The van der Waals surface area contributed by atoms with Crippen molar-refractivity contribution >= 4 is 29.2 Å². The Morgan fingerprint density at radius 3 is 2.80 bits per heavy atom. The highest BCUT2D eigenvalue weighted by Gasteiger charge is 2.37. The fraction of sp³-hybridized carbons (Fsp3) is 0.318. The van der Waals surface area contributed by atoms with Crippen molar-refractivity contribution in [2.45, 2.75) is 19.8 Å². The third-order valence-corrected chi connectivity index (χ3v) is 5.12. The Kier molecular flexibility index (Phi) is 5.56. The van der Waals surface area contributed by atoms with E-state index in [1.807, 2.05) is 31.2 Å². The molecule has 156 valence electrons. The molecule has 2 aromatic rings. The zero-order valence-corrected chi connectivity index (χ0v) is 16.6. The minimum atomic E-state index is -0.597. The van der Waals surface area contributed by atoms with Crippen LogP contribution in [-0.2, 0) is 25.5 Å². The van der Waals surface area contributed by atoms with E-state index in [0.29, 0.717) is 17.2 Å². The first-order valence-corrected chi connectivity index (χ1v) is 9.79. The number of rotatable bonds is 6. The quantitative estimate of drug-likeness (QED) is 0.736. The molecule has 8 nitrogen and oxygen atoms in total. The number of anilines is 2. The van der Waals surface area contributed by atoms with E-state index < -0.39 is 24.4 Å².